The number of esters is 1. The quantitative estimate of drug-likeness (QED) is 0.600. The molecule has 1 saturated carbocycles. The highest BCUT2D eigenvalue weighted by Crippen LogP contribution is 2.26. The van der Waals surface area contributed by atoms with Crippen molar-refractivity contribution < 1.29 is 9.53 Å². The molecule has 18 heavy (non-hydrogen) atoms. The molecule has 0 radical (unpaired) electrons. The lowest BCUT2D eigenvalue weighted by Gasteiger charge is -2.25. The van der Waals surface area contributed by atoms with Gasteiger partial charge in [-0.05, 0) is 31.4 Å². The van der Waals surface area contributed by atoms with E-state index in [-0.39, 0.29) is 12.1 Å². The largest absolute Gasteiger partial charge is 0.458 e. The fourth-order valence-electron chi connectivity index (χ4n) is 2.32. The number of benzene rings is 1. The van der Waals surface area contributed by atoms with Gasteiger partial charge >= 0.3 is 5.97 Å². The second-order valence-electron chi connectivity index (χ2n) is 4.82. The smallest absolute Gasteiger partial charge is 0.338 e. The SMILES string of the molecule is O=C(O[C@H]1CCCCCC[C@@H]1Br)c1ccccc1. The molecule has 1 fully saturated rings. The highest BCUT2D eigenvalue weighted by atomic mass is 79.9. The minimum atomic E-state index is -0.203. The van der Waals surface area contributed by atoms with E-state index in [9.17, 15) is 4.79 Å². The summed E-state index contributed by atoms with van der Waals surface area (Å²) < 4.78 is 5.64. The van der Waals surface area contributed by atoms with E-state index >= 15 is 0 Å². The summed E-state index contributed by atoms with van der Waals surface area (Å²) in [7, 11) is 0. The number of halogens is 1. The van der Waals surface area contributed by atoms with Crippen molar-refractivity contribution in [3.8, 4) is 0 Å². The summed E-state index contributed by atoms with van der Waals surface area (Å²) >= 11 is 3.66. The van der Waals surface area contributed by atoms with E-state index < -0.39 is 0 Å². The highest BCUT2D eigenvalue weighted by molar-refractivity contribution is 9.09. The van der Waals surface area contributed by atoms with Gasteiger partial charge in [0.15, 0.2) is 0 Å². The molecule has 0 aliphatic heterocycles. The third-order valence-corrected chi connectivity index (χ3v) is 4.44. The Kier molecular flexibility index (Phi) is 5.24. The van der Waals surface area contributed by atoms with Crippen LogP contribution in [-0.4, -0.2) is 16.9 Å². The predicted molar refractivity (Wildman–Crippen MR) is 76.1 cm³/mol. The van der Waals surface area contributed by atoms with Gasteiger partial charge in [0.2, 0.25) is 0 Å². The third kappa shape index (κ3) is 3.84. The second kappa shape index (κ2) is 6.93. The van der Waals surface area contributed by atoms with Gasteiger partial charge in [0.25, 0.3) is 0 Å². The number of carbonyl (C=O) groups excluding carboxylic acids is 1. The van der Waals surface area contributed by atoms with Crippen molar-refractivity contribution >= 4 is 21.9 Å². The molecular formula is C15H19BrO2. The lowest BCUT2D eigenvalue weighted by atomic mass is 9.98. The molecule has 1 aromatic carbocycles. The number of alkyl halides is 1. The first kappa shape index (κ1) is 13.6. The maximum atomic E-state index is 12.0. The van der Waals surface area contributed by atoms with Crippen LogP contribution in [0.4, 0.5) is 0 Å². The molecular weight excluding hydrogens is 292 g/mol. The van der Waals surface area contributed by atoms with Crippen molar-refractivity contribution in [3.05, 3.63) is 35.9 Å². The van der Waals surface area contributed by atoms with Gasteiger partial charge in [-0.25, -0.2) is 4.79 Å². The Balaban J connectivity index is 1.96. The first-order valence-corrected chi connectivity index (χ1v) is 7.59. The average Bonchev–Trinajstić information content (AvgIpc) is 2.39. The average molecular weight is 311 g/mol. The van der Waals surface area contributed by atoms with E-state index in [0.29, 0.717) is 10.4 Å². The van der Waals surface area contributed by atoms with Crippen molar-refractivity contribution in [2.24, 2.45) is 0 Å². The number of rotatable bonds is 2. The summed E-state index contributed by atoms with van der Waals surface area (Å²) in [5.74, 6) is -0.203. The summed E-state index contributed by atoms with van der Waals surface area (Å²) in [5.41, 5.74) is 0.638. The van der Waals surface area contributed by atoms with Crippen LogP contribution in [0.15, 0.2) is 30.3 Å². The standard InChI is InChI=1S/C15H19BrO2/c16-13-10-6-1-2-7-11-14(13)18-15(17)12-8-4-3-5-9-12/h3-5,8-9,13-14H,1-2,6-7,10-11H2/t13-,14-/m0/s1. The Hall–Kier alpha value is -0.830. The topological polar surface area (TPSA) is 26.3 Å². The molecule has 0 amide bonds. The van der Waals surface area contributed by atoms with Crippen LogP contribution in [0.2, 0.25) is 0 Å². The molecule has 0 unspecified atom stereocenters. The summed E-state index contributed by atoms with van der Waals surface area (Å²) in [5, 5.41) is 0. The van der Waals surface area contributed by atoms with Crippen LogP contribution >= 0.6 is 15.9 Å². The molecule has 0 spiro atoms. The summed E-state index contributed by atoms with van der Waals surface area (Å²) in [6.45, 7) is 0. The van der Waals surface area contributed by atoms with Crippen LogP contribution in [0.25, 0.3) is 0 Å². The van der Waals surface area contributed by atoms with Crippen molar-refractivity contribution in [1.29, 1.82) is 0 Å². The molecule has 0 heterocycles. The molecule has 0 saturated heterocycles. The minimum absolute atomic E-state index is 0.0120. The molecule has 0 aromatic heterocycles. The Morgan fingerprint density at radius 1 is 1.06 bits per heavy atom. The van der Waals surface area contributed by atoms with Gasteiger partial charge in [-0.1, -0.05) is 53.4 Å². The van der Waals surface area contributed by atoms with E-state index in [2.05, 4.69) is 15.9 Å². The zero-order chi connectivity index (χ0) is 12.8. The Morgan fingerprint density at radius 2 is 1.72 bits per heavy atom. The van der Waals surface area contributed by atoms with Crippen LogP contribution in [0.3, 0.4) is 0 Å². The highest BCUT2D eigenvalue weighted by Gasteiger charge is 2.24. The van der Waals surface area contributed by atoms with Crippen molar-refractivity contribution in [1.82, 2.24) is 0 Å². The number of carbonyl (C=O) groups is 1. The zero-order valence-corrected chi connectivity index (χ0v) is 12.1. The monoisotopic (exact) mass is 310 g/mol. The fraction of sp³-hybridized carbons (Fsp3) is 0.533. The molecule has 2 atom stereocenters. The minimum Gasteiger partial charge on any atom is -0.458 e. The summed E-state index contributed by atoms with van der Waals surface area (Å²) in [4.78, 5) is 12.3. The van der Waals surface area contributed by atoms with Crippen LogP contribution in [-0.2, 0) is 4.74 Å². The summed E-state index contributed by atoms with van der Waals surface area (Å²) in [6, 6.07) is 9.23. The second-order valence-corrected chi connectivity index (χ2v) is 5.99. The van der Waals surface area contributed by atoms with Gasteiger partial charge in [-0.2, -0.15) is 0 Å². The molecule has 98 valence electrons. The van der Waals surface area contributed by atoms with Gasteiger partial charge in [0.05, 0.1) is 10.4 Å². The molecule has 0 bridgehead atoms. The van der Waals surface area contributed by atoms with Crippen molar-refractivity contribution in [2.45, 2.75) is 49.5 Å². The molecule has 1 aromatic rings. The lowest BCUT2D eigenvalue weighted by molar-refractivity contribution is 0.0260. The lowest BCUT2D eigenvalue weighted by Crippen LogP contribution is -2.28. The molecule has 2 nitrogen and oxygen atoms in total. The van der Waals surface area contributed by atoms with Crippen LogP contribution in [0.5, 0.6) is 0 Å². The predicted octanol–water partition coefficient (Wildman–Crippen LogP) is 4.33. The van der Waals surface area contributed by atoms with E-state index in [0.717, 1.165) is 19.3 Å². The van der Waals surface area contributed by atoms with Gasteiger partial charge in [0.1, 0.15) is 6.10 Å². The fourth-order valence-corrected chi connectivity index (χ4v) is 3.01. The van der Waals surface area contributed by atoms with Crippen LogP contribution in [0.1, 0.15) is 48.9 Å². The van der Waals surface area contributed by atoms with Gasteiger partial charge in [0, 0.05) is 0 Å². The first-order chi connectivity index (χ1) is 8.77. The van der Waals surface area contributed by atoms with Gasteiger partial charge in [-0.15, -0.1) is 0 Å². The number of ether oxygens (including phenoxy) is 1. The van der Waals surface area contributed by atoms with E-state index in [1.54, 1.807) is 12.1 Å². The van der Waals surface area contributed by atoms with E-state index in [4.69, 9.17) is 4.74 Å². The maximum Gasteiger partial charge on any atom is 0.338 e. The Labute approximate surface area is 117 Å². The molecule has 2 rings (SSSR count). The normalized spacial score (nSPS) is 24.9. The van der Waals surface area contributed by atoms with Gasteiger partial charge in [-0.3, -0.25) is 0 Å². The maximum absolute atomic E-state index is 12.0. The molecule has 1 aliphatic rings. The van der Waals surface area contributed by atoms with Gasteiger partial charge < -0.3 is 4.74 Å². The van der Waals surface area contributed by atoms with Crippen LogP contribution < -0.4 is 0 Å². The summed E-state index contributed by atoms with van der Waals surface area (Å²) in [6.07, 6.45) is 6.98. The molecule has 3 heteroatoms. The third-order valence-electron chi connectivity index (χ3n) is 3.39. The van der Waals surface area contributed by atoms with E-state index in [1.165, 1.54) is 19.3 Å². The van der Waals surface area contributed by atoms with E-state index in [1.807, 2.05) is 18.2 Å². The molecule has 0 N–H and O–H groups in total. The van der Waals surface area contributed by atoms with Crippen LogP contribution in [0, 0.1) is 0 Å². The number of hydrogen-bond acceptors (Lipinski definition) is 2. The van der Waals surface area contributed by atoms with Crippen molar-refractivity contribution in [2.75, 3.05) is 0 Å². The molecule has 1 aliphatic carbocycles. The Bertz CT molecular complexity index is 377. The number of hydrogen-bond donors (Lipinski definition) is 0. The van der Waals surface area contributed by atoms with Crippen molar-refractivity contribution in [3.63, 3.8) is 0 Å². The zero-order valence-electron chi connectivity index (χ0n) is 10.5. The first-order valence-electron chi connectivity index (χ1n) is 6.67. The Morgan fingerprint density at radius 3 is 2.44 bits per heavy atom.